The van der Waals surface area contributed by atoms with Crippen LogP contribution in [-0.4, -0.2) is 97.2 Å². The summed E-state index contributed by atoms with van der Waals surface area (Å²) >= 11 is 1.60. The van der Waals surface area contributed by atoms with Gasteiger partial charge in [0.25, 0.3) is 0 Å². The van der Waals surface area contributed by atoms with Crippen LogP contribution in [0, 0.1) is 0 Å². The van der Waals surface area contributed by atoms with Gasteiger partial charge in [-0.05, 0) is 44.6 Å². The first-order valence-electron chi connectivity index (χ1n) is 14.0. The molecule has 11 nitrogen and oxygen atoms in total. The molecule has 13 heteroatoms. The molecule has 2 fully saturated rings. The Morgan fingerprint density at radius 3 is 2.41 bits per heavy atom. The predicted molar refractivity (Wildman–Crippen MR) is 162 cm³/mol. The SMILES string of the molecule is COc1ncc(-c2nc(N3CCCCC3)nc3c(CN4CCN(C(C)(C)C(N)=O)CC4)csc23)cc1CS(C)(=O)=O. The van der Waals surface area contributed by atoms with Gasteiger partial charge in [0.05, 0.1) is 34.3 Å². The number of amides is 1. The van der Waals surface area contributed by atoms with Crippen molar-refractivity contribution >= 4 is 43.2 Å². The van der Waals surface area contributed by atoms with Gasteiger partial charge in [0.15, 0.2) is 9.84 Å². The normalized spacial score (nSPS) is 17.7. The van der Waals surface area contributed by atoms with Crippen LogP contribution in [0.15, 0.2) is 17.6 Å². The molecule has 0 aromatic carbocycles. The number of hydrogen-bond acceptors (Lipinski definition) is 11. The summed E-state index contributed by atoms with van der Waals surface area (Å²) in [5, 5.41) is 2.15. The lowest BCUT2D eigenvalue weighted by Crippen LogP contribution is -2.59. The molecule has 3 aromatic rings. The summed E-state index contributed by atoms with van der Waals surface area (Å²) < 4.78 is 30.6. The van der Waals surface area contributed by atoms with E-state index in [4.69, 9.17) is 20.4 Å². The van der Waals surface area contributed by atoms with E-state index in [9.17, 15) is 13.2 Å². The average Bonchev–Trinajstić information content (AvgIpc) is 3.35. The molecule has 2 aliphatic heterocycles. The smallest absolute Gasteiger partial charge is 0.237 e. The Hall–Kier alpha value is -2.87. The summed E-state index contributed by atoms with van der Waals surface area (Å²) in [6.45, 7) is 9.48. The number of thiophene rings is 1. The predicted octanol–water partition coefficient (Wildman–Crippen LogP) is 2.68. The summed E-state index contributed by atoms with van der Waals surface area (Å²) in [7, 11) is -1.81. The molecule has 0 unspecified atom stereocenters. The number of ether oxygens (including phenoxy) is 1. The minimum atomic E-state index is -3.30. The summed E-state index contributed by atoms with van der Waals surface area (Å²) in [5.74, 6) is 0.516. The third-order valence-corrected chi connectivity index (χ3v) is 9.95. The molecular formula is C28H39N7O4S2. The molecule has 1 amide bonds. The van der Waals surface area contributed by atoms with E-state index >= 15 is 0 Å². The summed E-state index contributed by atoms with van der Waals surface area (Å²) in [6.07, 6.45) is 6.30. The quantitative estimate of drug-likeness (QED) is 0.390. The standard InChI is InChI=1S/C28H39N7O4S2/c1-28(2,26(29)36)35-12-10-33(11-13-35)16-21-17-40-24-22(31-27(32-23(21)24)34-8-6-5-7-9-34)19-14-20(18-41(4,37)38)25(39-3)30-15-19/h14-15,17H,5-13,16,18H2,1-4H3,(H2,29,36). The molecular weight excluding hydrogens is 562 g/mol. The summed E-state index contributed by atoms with van der Waals surface area (Å²) in [4.78, 5) is 33.3. The molecule has 0 radical (unpaired) electrons. The van der Waals surface area contributed by atoms with Crippen LogP contribution in [0.25, 0.3) is 21.5 Å². The van der Waals surface area contributed by atoms with Crippen molar-refractivity contribution < 1.29 is 17.9 Å². The van der Waals surface area contributed by atoms with Crippen molar-refractivity contribution in [1.82, 2.24) is 24.8 Å². The Morgan fingerprint density at radius 1 is 1.07 bits per heavy atom. The van der Waals surface area contributed by atoms with Crippen LogP contribution in [0.1, 0.15) is 44.2 Å². The van der Waals surface area contributed by atoms with Gasteiger partial charge in [-0.25, -0.2) is 23.4 Å². The Bertz CT molecular complexity index is 1530. The van der Waals surface area contributed by atoms with Gasteiger partial charge in [-0.15, -0.1) is 11.3 Å². The molecule has 222 valence electrons. The fourth-order valence-corrected chi connectivity index (χ4v) is 7.34. The van der Waals surface area contributed by atoms with Gasteiger partial charge in [-0.1, -0.05) is 0 Å². The number of pyridine rings is 1. The molecule has 0 saturated carbocycles. The number of piperazine rings is 1. The largest absolute Gasteiger partial charge is 0.481 e. The van der Waals surface area contributed by atoms with Gasteiger partial charge in [0.1, 0.15) is 0 Å². The Labute approximate surface area is 245 Å². The lowest BCUT2D eigenvalue weighted by molar-refractivity contribution is -0.129. The van der Waals surface area contributed by atoms with E-state index in [1.165, 1.54) is 19.8 Å². The molecule has 41 heavy (non-hydrogen) atoms. The lowest BCUT2D eigenvalue weighted by atomic mass is 10.0. The number of nitrogens with zero attached hydrogens (tertiary/aromatic N) is 6. The van der Waals surface area contributed by atoms with Crippen molar-refractivity contribution in [2.45, 2.75) is 50.9 Å². The van der Waals surface area contributed by atoms with Crippen LogP contribution in [0.5, 0.6) is 5.88 Å². The van der Waals surface area contributed by atoms with E-state index in [-0.39, 0.29) is 11.7 Å². The molecule has 0 atom stereocenters. The topological polar surface area (TPSA) is 135 Å². The van der Waals surface area contributed by atoms with E-state index in [1.807, 2.05) is 19.9 Å². The maximum atomic E-state index is 12.1. The Morgan fingerprint density at radius 2 is 1.78 bits per heavy atom. The summed E-state index contributed by atoms with van der Waals surface area (Å²) in [5.41, 5.74) is 9.03. The number of carbonyl (C=O) groups is 1. The van der Waals surface area contributed by atoms with Crippen molar-refractivity contribution in [2.24, 2.45) is 5.73 Å². The second kappa shape index (κ2) is 11.8. The molecule has 0 aliphatic carbocycles. The average molecular weight is 602 g/mol. The lowest BCUT2D eigenvalue weighted by Gasteiger charge is -2.42. The molecule has 0 bridgehead atoms. The fraction of sp³-hybridized carbons (Fsp3) is 0.571. The molecule has 2 aliphatic rings. The number of methoxy groups -OCH3 is 1. The fourth-order valence-electron chi connectivity index (χ4n) is 5.56. The van der Waals surface area contributed by atoms with Gasteiger partial charge in [0, 0.05) is 75.0 Å². The van der Waals surface area contributed by atoms with Gasteiger partial charge >= 0.3 is 0 Å². The first-order chi connectivity index (χ1) is 19.5. The number of nitrogens with two attached hydrogens (primary N) is 1. The van der Waals surface area contributed by atoms with E-state index in [1.54, 1.807) is 17.5 Å². The first kappa shape index (κ1) is 29.6. The molecule has 3 aromatic heterocycles. The van der Waals surface area contributed by atoms with Gasteiger partial charge in [0.2, 0.25) is 17.7 Å². The second-order valence-corrected chi connectivity index (χ2v) is 14.5. The van der Waals surface area contributed by atoms with Crippen molar-refractivity contribution in [3.8, 4) is 17.1 Å². The number of sulfone groups is 1. The van der Waals surface area contributed by atoms with E-state index in [2.05, 4.69) is 25.1 Å². The van der Waals surface area contributed by atoms with Crippen molar-refractivity contribution in [3.63, 3.8) is 0 Å². The highest BCUT2D eigenvalue weighted by atomic mass is 32.2. The van der Waals surface area contributed by atoms with Gasteiger partial charge in [-0.2, -0.15) is 0 Å². The van der Waals surface area contributed by atoms with Crippen molar-refractivity contribution in [3.05, 3.63) is 28.8 Å². The maximum absolute atomic E-state index is 12.1. The minimum absolute atomic E-state index is 0.168. The van der Waals surface area contributed by atoms with E-state index < -0.39 is 15.4 Å². The van der Waals surface area contributed by atoms with Crippen molar-refractivity contribution in [2.75, 3.05) is 57.5 Å². The summed E-state index contributed by atoms with van der Waals surface area (Å²) in [6, 6.07) is 1.83. The van der Waals surface area contributed by atoms with E-state index in [0.29, 0.717) is 17.4 Å². The number of piperidine rings is 1. The third-order valence-electron chi connectivity index (χ3n) is 8.09. The van der Waals surface area contributed by atoms with Crippen molar-refractivity contribution in [1.29, 1.82) is 0 Å². The third kappa shape index (κ3) is 6.47. The number of carbonyl (C=O) groups excluding carboxylic acids is 1. The second-order valence-electron chi connectivity index (χ2n) is 11.5. The molecule has 0 spiro atoms. The Balaban J connectivity index is 1.50. The highest BCUT2D eigenvalue weighted by molar-refractivity contribution is 7.89. The highest BCUT2D eigenvalue weighted by Crippen LogP contribution is 2.37. The number of anilines is 1. The van der Waals surface area contributed by atoms with Crippen LogP contribution in [0.4, 0.5) is 5.95 Å². The van der Waals surface area contributed by atoms with E-state index in [0.717, 1.165) is 85.7 Å². The maximum Gasteiger partial charge on any atom is 0.237 e. The molecule has 5 heterocycles. The van der Waals surface area contributed by atoms with Crippen LogP contribution >= 0.6 is 11.3 Å². The van der Waals surface area contributed by atoms with Crippen LogP contribution < -0.4 is 15.4 Å². The van der Waals surface area contributed by atoms with Crippen LogP contribution in [0.2, 0.25) is 0 Å². The number of hydrogen-bond donors (Lipinski definition) is 1. The molecule has 2 saturated heterocycles. The van der Waals surface area contributed by atoms with Crippen LogP contribution in [0.3, 0.4) is 0 Å². The molecule has 5 rings (SSSR count). The van der Waals surface area contributed by atoms with Crippen LogP contribution in [-0.2, 0) is 26.9 Å². The Kier molecular flexibility index (Phi) is 8.51. The first-order valence-corrected chi connectivity index (χ1v) is 16.9. The zero-order valence-corrected chi connectivity index (χ0v) is 25.9. The zero-order chi connectivity index (χ0) is 29.4. The number of fused-ring (bicyclic) bond motifs is 1. The monoisotopic (exact) mass is 601 g/mol. The zero-order valence-electron chi connectivity index (χ0n) is 24.2. The highest BCUT2D eigenvalue weighted by Gasteiger charge is 2.35. The number of aromatic nitrogens is 3. The number of primary amides is 1. The van der Waals surface area contributed by atoms with Gasteiger partial charge < -0.3 is 15.4 Å². The van der Waals surface area contributed by atoms with Gasteiger partial charge in [-0.3, -0.25) is 14.6 Å². The minimum Gasteiger partial charge on any atom is -0.481 e. The molecule has 2 N–H and O–H groups in total. The number of rotatable bonds is 9.